The maximum absolute atomic E-state index is 8.98. The van der Waals surface area contributed by atoms with Gasteiger partial charge in [-0.1, -0.05) is 26.5 Å². The van der Waals surface area contributed by atoms with Gasteiger partial charge in [0.2, 0.25) is 0 Å². The van der Waals surface area contributed by atoms with Crippen molar-refractivity contribution in [3.05, 3.63) is 25.4 Å². The molecule has 0 amide bonds. The van der Waals surface area contributed by atoms with Gasteiger partial charge in [0.25, 0.3) is 0 Å². The summed E-state index contributed by atoms with van der Waals surface area (Å²) in [5.41, 5.74) is -0.597. The second-order valence-electron chi connectivity index (χ2n) is 4.16. The molecule has 0 aromatic heterocycles. The Morgan fingerprint density at radius 3 is 2.23 bits per heavy atom. The summed E-state index contributed by atoms with van der Waals surface area (Å²) >= 11 is 0. The third-order valence-corrected chi connectivity index (χ3v) is 2.03. The Labute approximate surface area is 81.0 Å². The highest BCUT2D eigenvalue weighted by atomic mass is 14.9. The quantitative estimate of drug-likeness (QED) is 0.657. The molecule has 1 unspecified atom stereocenters. The molecule has 13 heavy (non-hydrogen) atoms. The van der Waals surface area contributed by atoms with Crippen molar-refractivity contribution < 1.29 is 0 Å². The van der Waals surface area contributed by atoms with Crippen molar-refractivity contribution in [2.45, 2.75) is 32.7 Å². The maximum atomic E-state index is 8.98. The predicted octanol–water partition coefficient (Wildman–Crippen LogP) is 2.60. The van der Waals surface area contributed by atoms with Crippen molar-refractivity contribution in [2.24, 2.45) is 5.41 Å². The summed E-state index contributed by atoms with van der Waals surface area (Å²) < 4.78 is 0. The molecule has 0 aromatic rings. The van der Waals surface area contributed by atoms with Crippen LogP contribution in [0.25, 0.3) is 0 Å². The van der Waals surface area contributed by atoms with E-state index in [1.807, 2.05) is 13.0 Å². The van der Waals surface area contributed by atoms with Crippen LogP contribution >= 0.6 is 0 Å². The van der Waals surface area contributed by atoms with Crippen LogP contribution in [0.4, 0.5) is 0 Å². The first-order valence-corrected chi connectivity index (χ1v) is 4.32. The first-order valence-electron chi connectivity index (χ1n) is 4.32. The fourth-order valence-corrected chi connectivity index (χ4v) is 1.33. The van der Waals surface area contributed by atoms with Crippen LogP contribution in [0.2, 0.25) is 0 Å². The van der Waals surface area contributed by atoms with E-state index in [2.05, 4.69) is 38.4 Å². The van der Waals surface area contributed by atoms with E-state index in [4.69, 9.17) is 5.26 Å². The van der Waals surface area contributed by atoms with E-state index in [0.717, 1.165) is 0 Å². The number of nitriles is 1. The van der Waals surface area contributed by atoms with Gasteiger partial charge >= 0.3 is 0 Å². The number of nitrogens with one attached hydrogen (secondary N) is 1. The predicted molar refractivity (Wildman–Crippen MR) is 55.9 cm³/mol. The van der Waals surface area contributed by atoms with Gasteiger partial charge in [-0.25, -0.2) is 0 Å². The van der Waals surface area contributed by atoms with Gasteiger partial charge in [0.1, 0.15) is 5.54 Å². The summed E-state index contributed by atoms with van der Waals surface area (Å²) in [6, 6.07) is 2.24. The Morgan fingerprint density at radius 2 is 1.92 bits per heavy atom. The van der Waals surface area contributed by atoms with E-state index in [9.17, 15) is 0 Å². The first kappa shape index (κ1) is 11.8. The lowest BCUT2D eigenvalue weighted by molar-refractivity contribution is 0.327. The Morgan fingerprint density at radius 1 is 1.38 bits per heavy atom. The average molecular weight is 178 g/mol. The van der Waals surface area contributed by atoms with Crippen molar-refractivity contribution in [3.8, 4) is 6.07 Å². The molecular formula is C11H18N2. The normalized spacial score (nSPS) is 15.2. The number of hydrogen-bond donors (Lipinski definition) is 1. The maximum Gasteiger partial charge on any atom is 0.122 e. The Balaban J connectivity index is 4.54. The van der Waals surface area contributed by atoms with Gasteiger partial charge in [0, 0.05) is 0 Å². The number of allylic oxidation sites excluding steroid dienone is 1. The smallest absolute Gasteiger partial charge is 0.122 e. The van der Waals surface area contributed by atoms with Crippen molar-refractivity contribution in [3.63, 3.8) is 0 Å². The third kappa shape index (κ3) is 3.80. The van der Waals surface area contributed by atoms with Crippen LogP contribution in [0.3, 0.4) is 0 Å². The molecular weight excluding hydrogens is 160 g/mol. The molecule has 0 saturated heterocycles. The molecule has 0 bridgehead atoms. The summed E-state index contributed by atoms with van der Waals surface area (Å²) in [5, 5.41) is 11.9. The first-order chi connectivity index (χ1) is 5.89. The zero-order chi connectivity index (χ0) is 10.5. The second-order valence-corrected chi connectivity index (χ2v) is 4.16. The van der Waals surface area contributed by atoms with E-state index >= 15 is 0 Å². The molecule has 0 spiro atoms. The minimum absolute atomic E-state index is 0.0412. The molecule has 0 heterocycles. The van der Waals surface area contributed by atoms with E-state index in [0.29, 0.717) is 6.42 Å². The summed E-state index contributed by atoms with van der Waals surface area (Å²) in [6.07, 6.45) is 4.14. The molecule has 0 fully saturated rings. The van der Waals surface area contributed by atoms with Gasteiger partial charge in [0.05, 0.1) is 6.07 Å². The standard InChI is InChI=1S/C11H18N2/c1-6-10(3,4)8-11(5,9-12)13-7-2/h6-7,13H,1-2,8H2,3-5H3. The van der Waals surface area contributed by atoms with Gasteiger partial charge in [-0.05, 0) is 25.0 Å². The van der Waals surface area contributed by atoms with Gasteiger partial charge in [-0.15, -0.1) is 6.58 Å². The van der Waals surface area contributed by atoms with E-state index in [1.165, 1.54) is 0 Å². The van der Waals surface area contributed by atoms with Crippen molar-refractivity contribution in [2.75, 3.05) is 0 Å². The fourth-order valence-electron chi connectivity index (χ4n) is 1.33. The molecule has 72 valence electrons. The molecule has 0 saturated carbocycles. The van der Waals surface area contributed by atoms with Crippen LogP contribution < -0.4 is 5.32 Å². The third-order valence-electron chi connectivity index (χ3n) is 2.03. The molecule has 0 rings (SSSR count). The van der Waals surface area contributed by atoms with Crippen LogP contribution in [0.15, 0.2) is 25.4 Å². The highest BCUT2D eigenvalue weighted by molar-refractivity contribution is 5.10. The monoisotopic (exact) mass is 178 g/mol. The summed E-state index contributed by atoms with van der Waals surface area (Å²) in [4.78, 5) is 0. The van der Waals surface area contributed by atoms with Gasteiger partial charge in [-0.3, -0.25) is 0 Å². The molecule has 2 nitrogen and oxygen atoms in total. The van der Waals surface area contributed by atoms with Gasteiger partial charge in [-0.2, -0.15) is 5.26 Å². The van der Waals surface area contributed by atoms with E-state index in [-0.39, 0.29) is 5.41 Å². The molecule has 0 aliphatic carbocycles. The average Bonchev–Trinajstić information content (AvgIpc) is 2.04. The largest absolute Gasteiger partial charge is 0.374 e. The lowest BCUT2D eigenvalue weighted by atomic mass is 9.80. The van der Waals surface area contributed by atoms with Crippen LogP contribution in [-0.4, -0.2) is 5.54 Å². The Hall–Kier alpha value is -1.23. The highest BCUT2D eigenvalue weighted by Gasteiger charge is 2.29. The lowest BCUT2D eigenvalue weighted by Gasteiger charge is -2.30. The lowest BCUT2D eigenvalue weighted by Crippen LogP contribution is -2.40. The van der Waals surface area contributed by atoms with Gasteiger partial charge < -0.3 is 5.32 Å². The molecule has 0 aliphatic rings. The molecule has 1 N–H and O–H groups in total. The molecule has 0 aromatic carbocycles. The van der Waals surface area contributed by atoms with E-state index < -0.39 is 5.54 Å². The summed E-state index contributed by atoms with van der Waals surface area (Å²) in [7, 11) is 0. The number of rotatable bonds is 5. The molecule has 1 atom stereocenters. The summed E-state index contributed by atoms with van der Waals surface area (Å²) in [5.74, 6) is 0. The zero-order valence-corrected chi connectivity index (χ0v) is 8.72. The van der Waals surface area contributed by atoms with E-state index in [1.54, 1.807) is 6.20 Å². The van der Waals surface area contributed by atoms with Crippen molar-refractivity contribution >= 4 is 0 Å². The Kier molecular flexibility index (Phi) is 3.74. The molecule has 0 radical (unpaired) electrons. The minimum atomic E-state index is -0.556. The van der Waals surface area contributed by atoms with Crippen LogP contribution in [-0.2, 0) is 0 Å². The van der Waals surface area contributed by atoms with Crippen molar-refractivity contribution in [1.82, 2.24) is 5.32 Å². The minimum Gasteiger partial charge on any atom is -0.374 e. The summed E-state index contributed by atoms with van der Waals surface area (Å²) in [6.45, 7) is 13.3. The Bertz CT molecular complexity index is 235. The molecule has 0 aliphatic heterocycles. The second kappa shape index (κ2) is 4.13. The van der Waals surface area contributed by atoms with Crippen LogP contribution in [0.5, 0.6) is 0 Å². The van der Waals surface area contributed by atoms with Crippen LogP contribution in [0.1, 0.15) is 27.2 Å². The number of hydrogen-bond acceptors (Lipinski definition) is 2. The zero-order valence-electron chi connectivity index (χ0n) is 8.72. The highest BCUT2D eigenvalue weighted by Crippen LogP contribution is 2.28. The van der Waals surface area contributed by atoms with Gasteiger partial charge in [0.15, 0.2) is 0 Å². The SMILES string of the molecule is C=CNC(C)(C#N)CC(C)(C)C=C. The molecule has 2 heteroatoms. The van der Waals surface area contributed by atoms with Crippen molar-refractivity contribution in [1.29, 1.82) is 5.26 Å². The topological polar surface area (TPSA) is 35.8 Å². The van der Waals surface area contributed by atoms with Crippen LogP contribution in [0, 0.1) is 16.7 Å². The number of nitrogens with zero attached hydrogens (tertiary/aromatic N) is 1. The fraction of sp³-hybridized carbons (Fsp3) is 0.545.